The van der Waals surface area contributed by atoms with Gasteiger partial charge in [0.15, 0.2) is 0 Å². The van der Waals surface area contributed by atoms with Crippen LogP contribution in [0.3, 0.4) is 0 Å². The second-order valence-electron chi connectivity index (χ2n) is 11.6. The largest absolute Gasteiger partial charge is 0.361 e. The van der Waals surface area contributed by atoms with Crippen LogP contribution in [0.25, 0.3) is 10.9 Å². The molecule has 0 saturated heterocycles. The lowest BCUT2D eigenvalue weighted by molar-refractivity contribution is -0.134. The Morgan fingerprint density at radius 3 is 2.29 bits per heavy atom. The molecule has 0 unspecified atom stereocenters. The third-order valence-corrected chi connectivity index (χ3v) is 6.71. The number of aryl methyl sites for hydroxylation is 2. The predicted octanol–water partition coefficient (Wildman–Crippen LogP) is 2.84. The highest BCUT2D eigenvalue weighted by molar-refractivity contribution is 5.98. The molecule has 4 amide bonds. The Labute approximate surface area is 241 Å². The Bertz CT molecular complexity index is 1390. The molecule has 7 N–H and O–H groups in total. The average molecular weight is 563 g/mol. The smallest absolute Gasteiger partial charge is 0.246 e. The second-order valence-corrected chi connectivity index (χ2v) is 11.6. The van der Waals surface area contributed by atoms with E-state index in [4.69, 9.17) is 5.73 Å². The Morgan fingerprint density at radius 1 is 0.976 bits per heavy atom. The Hall–Kier alpha value is -4.18. The van der Waals surface area contributed by atoms with Gasteiger partial charge in [-0.15, -0.1) is 0 Å². The van der Waals surface area contributed by atoms with Gasteiger partial charge in [0.25, 0.3) is 0 Å². The maximum Gasteiger partial charge on any atom is 0.246 e. The van der Waals surface area contributed by atoms with Crippen LogP contribution < -0.4 is 27.0 Å². The zero-order valence-electron chi connectivity index (χ0n) is 24.7. The van der Waals surface area contributed by atoms with Crippen LogP contribution >= 0.6 is 0 Å². The van der Waals surface area contributed by atoms with Crippen molar-refractivity contribution in [2.45, 2.75) is 72.0 Å². The van der Waals surface area contributed by atoms with Crippen LogP contribution in [-0.2, 0) is 25.6 Å². The average Bonchev–Trinajstić information content (AvgIpc) is 3.28. The number of carbonyl (C=O) groups excluding carboxylic acids is 4. The van der Waals surface area contributed by atoms with Crippen molar-refractivity contribution in [2.24, 2.45) is 11.7 Å². The number of benzene rings is 2. The SMILES string of the molecule is Cc1cc(C)cc(NC(=O)[C@H](CC(C)C)NC(=O)CNC(=O)C(C)(C)NC(=O)[C@@H](N)Cc2c[nH]c3ccccc23)c1. The lowest BCUT2D eigenvalue weighted by Gasteiger charge is -2.27. The lowest BCUT2D eigenvalue weighted by atomic mass is 10.0. The molecular formula is C31H42N6O4. The van der Waals surface area contributed by atoms with Crippen LogP contribution in [0.5, 0.6) is 0 Å². The zero-order valence-corrected chi connectivity index (χ0v) is 24.7. The van der Waals surface area contributed by atoms with Crippen LogP contribution in [0, 0.1) is 19.8 Å². The van der Waals surface area contributed by atoms with Gasteiger partial charge >= 0.3 is 0 Å². The molecule has 220 valence electrons. The molecule has 0 bridgehead atoms. The summed E-state index contributed by atoms with van der Waals surface area (Å²) in [7, 11) is 0. The minimum atomic E-state index is -1.33. The van der Waals surface area contributed by atoms with Gasteiger partial charge in [0.05, 0.1) is 12.6 Å². The molecule has 0 aliphatic rings. The summed E-state index contributed by atoms with van der Waals surface area (Å²) in [5.41, 5.74) is 9.38. The van der Waals surface area contributed by atoms with Gasteiger partial charge in [0.2, 0.25) is 23.6 Å². The quantitative estimate of drug-likeness (QED) is 0.200. The first-order valence-electron chi connectivity index (χ1n) is 13.8. The highest BCUT2D eigenvalue weighted by Crippen LogP contribution is 2.19. The lowest BCUT2D eigenvalue weighted by Crippen LogP contribution is -2.59. The molecule has 1 heterocycles. The second kappa shape index (κ2) is 13.5. The third-order valence-electron chi connectivity index (χ3n) is 6.71. The highest BCUT2D eigenvalue weighted by Gasteiger charge is 2.32. The first-order chi connectivity index (χ1) is 19.2. The number of fused-ring (bicyclic) bond motifs is 1. The van der Waals surface area contributed by atoms with Crippen molar-refractivity contribution in [3.05, 3.63) is 65.4 Å². The molecule has 41 heavy (non-hydrogen) atoms. The molecular weight excluding hydrogens is 520 g/mol. The number of hydrogen-bond acceptors (Lipinski definition) is 5. The normalized spacial score (nSPS) is 13.0. The van der Waals surface area contributed by atoms with Crippen LogP contribution in [0.2, 0.25) is 0 Å². The molecule has 2 atom stereocenters. The third kappa shape index (κ3) is 8.91. The number of hydrogen-bond donors (Lipinski definition) is 6. The number of amides is 4. The van der Waals surface area contributed by atoms with Crippen molar-refractivity contribution in [3.8, 4) is 0 Å². The number of H-pyrrole nitrogens is 1. The van der Waals surface area contributed by atoms with Crippen molar-refractivity contribution < 1.29 is 19.2 Å². The maximum atomic E-state index is 13.0. The Kier molecular flexibility index (Phi) is 10.3. The molecule has 3 aromatic rings. The van der Waals surface area contributed by atoms with Gasteiger partial charge in [-0.25, -0.2) is 0 Å². The molecule has 0 spiro atoms. The van der Waals surface area contributed by atoms with Gasteiger partial charge in [-0.05, 0) is 81.3 Å². The summed E-state index contributed by atoms with van der Waals surface area (Å²) in [6.45, 7) is 10.5. The number of aromatic nitrogens is 1. The van der Waals surface area contributed by atoms with Crippen molar-refractivity contribution in [1.82, 2.24) is 20.9 Å². The summed E-state index contributed by atoms with van der Waals surface area (Å²) in [5.74, 6) is -1.75. The van der Waals surface area contributed by atoms with Gasteiger partial charge in [0.1, 0.15) is 11.6 Å². The molecule has 0 saturated carbocycles. The van der Waals surface area contributed by atoms with E-state index in [0.29, 0.717) is 12.1 Å². The van der Waals surface area contributed by atoms with E-state index in [0.717, 1.165) is 27.6 Å². The summed E-state index contributed by atoms with van der Waals surface area (Å²) in [6.07, 6.45) is 2.53. The van der Waals surface area contributed by atoms with E-state index >= 15 is 0 Å². The molecule has 1 aromatic heterocycles. The number of rotatable bonds is 12. The van der Waals surface area contributed by atoms with Crippen molar-refractivity contribution >= 4 is 40.2 Å². The van der Waals surface area contributed by atoms with E-state index in [-0.39, 0.29) is 24.8 Å². The van der Waals surface area contributed by atoms with Gasteiger partial charge in [-0.3, -0.25) is 19.2 Å². The van der Waals surface area contributed by atoms with E-state index in [1.54, 1.807) is 0 Å². The summed E-state index contributed by atoms with van der Waals surface area (Å²) in [6, 6.07) is 11.8. The van der Waals surface area contributed by atoms with Crippen LogP contribution in [0.1, 0.15) is 50.8 Å². The summed E-state index contributed by atoms with van der Waals surface area (Å²) >= 11 is 0. The summed E-state index contributed by atoms with van der Waals surface area (Å²) in [4.78, 5) is 54.6. The minimum absolute atomic E-state index is 0.141. The molecule has 0 aliphatic carbocycles. The zero-order chi connectivity index (χ0) is 30.3. The topological polar surface area (TPSA) is 158 Å². The number of anilines is 1. The van der Waals surface area contributed by atoms with E-state index < -0.39 is 35.3 Å². The molecule has 2 aromatic carbocycles. The Balaban J connectivity index is 1.53. The first kappa shape index (κ1) is 31.3. The number of nitrogens with two attached hydrogens (primary N) is 1. The van der Waals surface area contributed by atoms with Crippen LogP contribution in [0.4, 0.5) is 5.69 Å². The van der Waals surface area contributed by atoms with Gasteiger partial charge in [-0.1, -0.05) is 38.1 Å². The molecule has 3 rings (SSSR count). The van der Waals surface area contributed by atoms with Gasteiger partial charge in [-0.2, -0.15) is 0 Å². The molecule has 0 fully saturated rings. The maximum absolute atomic E-state index is 13.0. The predicted molar refractivity (Wildman–Crippen MR) is 161 cm³/mol. The van der Waals surface area contributed by atoms with E-state index in [9.17, 15) is 19.2 Å². The molecule has 10 heteroatoms. The first-order valence-corrected chi connectivity index (χ1v) is 13.8. The number of carbonyl (C=O) groups is 4. The molecule has 0 aliphatic heterocycles. The Morgan fingerprint density at radius 2 is 1.63 bits per heavy atom. The van der Waals surface area contributed by atoms with Gasteiger partial charge in [0, 0.05) is 22.8 Å². The molecule has 0 radical (unpaired) electrons. The monoisotopic (exact) mass is 562 g/mol. The van der Waals surface area contributed by atoms with Crippen molar-refractivity contribution in [3.63, 3.8) is 0 Å². The fourth-order valence-electron chi connectivity index (χ4n) is 4.69. The summed E-state index contributed by atoms with van der Waals surface area (Å²) in [5, 5.41) is 11.8. The van der Waals surface area contributed by atoms with Gasteiger partial charge < -0.3 is 32.0 Å². The fourth-order valence-corrected chi connectivity index (χ4v) is 4.69. The highest BCUT2D eigenvalue weighted by atomic mass is 16.2. The van der Waals surface area contributed by atoms with E-state index in [1.165, 1.54) is 13.8 Å². The van der Waals surface area contributed by atoms with E-state index in [2.05, 4.69) is 26.3 Å². The number of para-hydroxylation sites is 1. The standard InChI is InChI=1S/C31H42N6O4/c1-18(2)11-26(29(40)35-22-13-19(3)12-20(4)14-22)36-27(38)17-34-30(41)31(5,6)37-28(39)24(32)15-21-16-33-25-10-8-7-9-23(21)25/h7-10,12-14,16,18,24,26,33H,11,15,17,32H2,1-6H3,(H,34,41)(H,35,40)(H,36,38)(H,37,39)/t24-,26-/m0/s1. The summed E-state index contributed by atoms with van der Waals surface area (Å²) < 4.78 is 0. The number of nitrogens with one attached hydrogen (secondary N) is 5. The van der Waals surface area contributed by atoms with E-state index in [1.807, 2.05) is 76.4 Å². The van der Waals surface area contributed by atoms with Crippen molar-refractivity contribution in [2.75, 3.05) is 11.9 Å². The van der Waals surface area contributed by atoms with Crippen LogP contribution in [-0.4, -0.2) is 52.8 Å². The minimum Gasteiger partial charge on any atom is -0.361 e. The fraction of sp³-hybridized carbons (Fsp3) is 0.419. The molecule has 10 nitrogen and oxygen atoms in total. The van der Waals surface area contributed by atoms with Crippen LogP contribution in [0.15, 0.2) is 48.7 Å². The number of aromatic amines is 1. The van der Waals surface area contributed by atoms with Crippen molar-refractivity contribution in [1.29, 1.82) is 0 Å².